The Morgan fingerprint density at radius 3 is 2.64 bits per heavy atom. The van der Waals surface area contributed by atoms with Crippen LogP contribution in [-0.4, -0.2) is 28.9 Å². The second-order valence-electron chi connectivity index (χ2n) is 5.43. The lowest BCUT2D eigenvalue weighted by Crippen LogP contribution is -2.37. The number of rotatable bonds is 6. The standard InChI is InChI=1S/C17H16Cl2N2O4/c1-11(25-15-8-4-7-14(18)16(15)19)17(22)20(2)10-12-5-3-6-13(9-12)21(23)24/h3-9,11H,10H2,1-2H3. The summed E-state index contributed by atoms with van der Waals surface area (Å²) in [5.41, 5.74) is 0.631. The topological polar surface area (TPSA) is 72.7 Å². The van der Waals surface area contributed by atoms with Gasteiger partial charge in [-0.2, -0.15) is 0 Å². The number of non-ortho nitro benzene ring substituents is 1. The van der Waals surface area contributed by atoms with Gasteiger partial charge < -0.3 is 9.64 Å². The summed E-state index contributed by atoms with van der Waals surface area (Å²) in [7, 11) is 1.60. The number of likely N-dealkylation sites (N-methyl/N-ethyl adjacent to an activating group) is 1. The zero-order valence-electron chi connectivity index (χ0n) is 13.6. The van der Waals surface area contributed by atoms with Gasteiger partial charge in [0.1, 0.15) is 10.8 Å². The Hall–Kier alpha value is -2.31. The highest BCUT2D eigenvalue weighted by molar-refractivity contribution is 6.42. The molecule has 0 spiro atoms. The first-order valence-corrected chi connectivity index (χ1v) is 8.14. The summed E-state index contributed by atoms with van der Waals surface area (Å²) in [5, 5.41) is 11.4. The molecule has 0 N–H and O–H groups in total. The van der Waals surface area contributed by atoms with Gasteiger partial charge in [-0.3, -0.25) is 14.9 Å². The molecule has 0 bridgehead atoms. The molecule has 8 heteroatoms. The summed E-state index contributed by atoms with van der Waals surface area (Å²) in [5.74, 6) is 0.0290. The van der Waals surface area contributed by atoms with E-state index in [9.17, 15) is 14.9 Å². The minimum Gasteiger partial charge on any atom is -0.479 e. The number of hydrogen-bond donors (Lipinski definition) is 0. The summed E-state index contributed by atoms with van der Waals surface area (Å²) in [6.45, 7) is 1.82. The highest BCUT2D eigenvalue weighted by Crippen LogP contribution is 2.32. The van der Waals surface area contributed by atoms with Crippen LogP contribution in [0.1, 0.15) is 12.5 Å². The minimum atomic E-state index is -0.792. The second kappa shape index (κ2) is 8.18. The SMILES string of the molecule is CC(Oc1cccc(Cl)c1Cl)C(=O)N(C)Cc1cccc([N+](=O)[O-])c1. The molecule has 0 fully saturated rings. The van der Waals surface area contributed by atoms with Crippen LogP contribution in [0.15, 0.2) is 42.5 Å². The summed E-state index contributed by atoms with van der Waals surface area (Å²) in [6, 6.07) is 11.1. The molecule has 2 rings (SSSR count). The summed E-state index contributed by atoms with van der Waals surface area (Å²) in [4.78, 5) is 24.2. The average molecular weight is 383 g/mol. The first kappa shape index (κ1) is 19.0. The molecule has 132 valence electrons. The van der Waals surface area contributed by atoms with Crippen molar-refractivity contribution in [2.45, 2.75) is 19.6 Å². The average Bonchev–Trinajstić information content (AvgIpc) is 2.58. The van der Waals surface area contributed by atoms with Crippen LogP contribution in [0.5, 0.6) is 5.75 Å². The molecule has 1 atom stereocenters. The van der Waals surface area contributed by atoms with E-state index in [2.05, 4.69) is 0 Å². The van der Waals surface area contributed by atoms with E-state index < -0.39 is 11.0 Å². The molecule has 1 amide bonds. The Morgan fingerprint density at radius 1 is 1.28 bits per heavy atom. The van der Waals surface area contributed by atoms with Crippen LogP contribution in [0.3, 0.4) is 0 Å². The number of nitro benzene ring substituents is 1. The summed E-state index contributed by atoms with van der Waals surface area (Å²) < 4.78 is 5.59. The van der Waals surface area contributed by atoms with Gasteiger partial charge in [0.15, 0.2) is 6.10 Å². The Balaban J connectivity index is 2.05. The molecule has 0 heterocycles. The predicted molar refractivity (Wildman–Crippen MR) is 96.1 cm³/mol. The zero-order chi connectivity index (χ0) is 18.6. The van der Waals surface area contributed by atoms with Crippen molar-refractivity contribution < 1.29 is 14.5 Å². The van der Waals surface area contributed by atoms with E-state index >= 15 is 0 Å². The van der Waals surface area contributed by atoms with Crippen molar-refractivity contribution in [3.8, 4) is 5.75 Å². The van der Waals surface area contributed by atoms with Gasteiger partial charge in [-0.25, -0.2) is 0 Å². The van der Waals surface area contributed by atoms with Gasteiger partial charge in [0.25, 0.3) is 11.6 Å². The lowest BCUT2D eigenvalue weighted by Gasteiger charge is -2.22. The van der Waals surface area contributed by atoms with Crippen molar-refractivity contribution in [2.75, 3.05) is 7.05 Å². The summed E-state index contributed by atoms with van der Waals surface area (Å²) >= 11 is 12.0. The van der Waals surface area contributed by atoms with Gasteiger partial charge >= 0.3 is 0 Å². The maximum absolute atomic E-state index is 12.5. The number of benzene rings is 2. The number of carbonyl (C=O) groups excluding carboxylic acids is 1. The lowest BCUT2D eigenvalue weighted by atomic mass is 10.2. The van der Waals surface area contributed by atoms with Crippen LogP contribution in [0, 0.1) is 10.1 Å². The molecule has 0 saturated carbocycles. The third-order valence-electron chi connectivity index (χ3n) is 3.49. The van der Waals surface area contributed by atoms with E-state index in [1.54, 1.807) is 44.3 Å². The van der Waals surface area contributed by atoms with Crippen LogP contribution in [0.25, 0.3) is 0 Å². The van der Waals surface area contributed by atoms with Gasteiger partial charge in [0.2, 0.25) is 0 Å². The number of nitro groups is 1. The van der Waals surface area contributed by atoms with Crippen molar-refractivity contribution in [3.05, 3.63) is 68.2 Å². The second-order valence-corrected chi connectivity index (χ2v) is 6.22. The van der Waals surface area contributed by atoms with E-state index in [-0.39, 0.29) is 23.2 Å². The Labute approximate surface area is 155 Å². The fourth-order valence-corrected chi connectivity index (χ4v) is 2.58. The fraction of sp³-hybridized carbons (Fsp3) is 0.235. The minimum absolute atomic E-state index is 0.0200. The number of nitrogens with zero attached hydrogens (tertiary/aromatic N) is 2. The molecule has 0 aliphatic heterocycles. The molecular weight excluding hydrogens is 367 g/mol. The number of carbonyl (C=O) groups is 1. The number of amides is 1. The van der Waals surface area contributed by atoms with Gasteiger partial charge in [0, 0.05) is 25.7 Å². The molecule has 1 unspecified atom stereocenters. The first-order chi connectivity index (χ1) is 11.8. The van der Waals surface area contributed by atoms with Crippen LogP contribution >= 0.6 is 23.2 Å². The molecule has 25 heavy (non-hydrogen) atoms. The van der Waals surface area contributed by atoms with E-state index in [1.165, 1.54) is 17.0 Å². The largest absolute Gasteiger partial charge is 0.479 e. The van der Waals surface area contributed by atoms with Crippen molar-refractivity contribution in [1.82, 2.24) is 4.90 Å². The van der Waals surface area contributed by atoms with Gasteiger partial charge in [0.05, 0.1) is 9.95 Å². The van der Waals surface area contributed by atoms with Gasteiger partial charge in [-0.05, 0) is 24.6 Å². The number of halogens is 2. The third kappa shape index (κ3) is 4.84. The van der Waals surface area contributed by atoms with Crippen molar-refractivity contribution in [1.29, 1.82) is 0 Å². The lowest BCUT2D eigenvalue weighted by molar-refractivity contribution is -0.384. The molecule has 6 nitrogen and oxygen atoms in total. The number of hydrogen-bond acceptors (Lipinski definition) is 4. The highest BCUT2D eigenvalue weighted by atomic mass is 35.5. The molecule has 0 radical (unpaired) electrons. The molecular formula is C17H16Cl2N2O4. The maximum Gasteiger partial charge on any atom is 0.269 e. The normalized spacial score (nSPS) is 11.7. The van der Waals surface area contributed by atoms with Crippen LogP contribution in [0.2, 0.25) is 10.0 Å². The first-order valence-electron chi connectivity index (χ1n) is 7.38. The molecule has 0 aliphatic carbocycles. The van der Waals surface area contributed by atoms with Crippen molar-refractivity contribution in [2.24, 2.45) is 0 Å². The summed E-state index contributed by atoms with van der Waals surface area (Å²) in [6.07, 6.45) is -0.792. The van der Waals surface area contributed by atoms with Crippen LogP contribution in [0.4, 0.5) is 5.69 Å². The van der Waals surface area contributed by atoms with Gasteiger partial charge in [-0.15, -0.1) is 0 Å². The van der Waals surface area contributed by atoms with Gasteiger partial charge in [-0.1, -0.05) is 41.4 Å². The predicted octanol–water partition coefficient (Wildman–Crippen LogP) is 4.33. The molecule has 0 aromatic heterocycles. The zero-order valence-corrected chi connectivity index (χ0v) is 15.1. The highest BCUT2D eigenvalue weighted by Gasteiger charge is 2.21. The maximum atomic E-state index is 12.5. The van der Waals surface area contributed by atoms with Crippen LogP contribution < -0.4 is 4.74 Å². The Kier molecular flexibility index (Phi) is 6.22. The smallest absolute Gasteiger partial charge is 0.269 e. The van der Waals surface area contributed by atoms with Crippen molar-refractivity contribution in [3.63, 3.8) is 0 Å². The molecule has 0 saturated heterocycles. The molecule has 2 aromatic carbocycles. The quantitative estimate of drug-likeness (QED) is 0.550. The van der Waals surface area contributed by atoms with E-state index in [4.69, 9.17) is 27.9 Å². The van der Waals surface area contributed by atoms with E-state index in [0.29, 0.717) is 16.3 Å². The Bertz CT molecular complexity index is 798. The molecule has 2 aromatic rings. The van der Waals surface area contributed by atoms with E-state index in [1.807, 2.05) is 0 Å². The Morgan fingerprint density at radius 2 is 1.96 bits per heavy atom. The molecule has 0 aliphatic rings. The fourth-order valence-electron chi connectivity index (χ4n) is 2.25. The monoisotopic (exact) mass is 382 g/mol. The number of ether oxygens (including phenoxy) is 1. The van der Waals surface area contributed by atoms with E-state index in [0.717, 1.165) is 0 Å². The van der Waals surface area contributed by atoms with Crippen LogP contribution in [-0.2, 0) is 11.3 Å². The third-order valence-corrected chi connectivity index (χ3v) is 4.29. The van der Waals surface area contributed by atoms with Crippen molar-refractivity contribution >= 4 is 34.8 Å².